The number of anilines is 1. The molecular weight excluding hydrogens is 452 g/mol. The highest BCUT2D eigenvalue weighted by Gasteiger charge is 2.33. The Hall–Kier alpha value is -1.70. The summed E-state index contributed by atoms with van der Waals surface area (Å²) < 4.78 is 28.4. The van der Waals surface area contributed by atoms with Crippen molar-refractivity contribution in [3.05, 3.63) is 57.6 Å². The second kappa shape index (κ2) is 8.98. The van der Waals surface area contributed by atoms with Crippen molar-refractivity contribution in [1.29, 1.82) is 0 Å². The standard InChI is InChI=1S/C22H27BrN2O3S/c1-4-17-13-19(23)12-16(3)21(17)24-22(26)18-6-5-11-25(14-18)29(27,28)20-9-7-15(2)8-10-20/h7-10,12-13,18H,4-6,11,14H2,1-3H3,(H,24,26)/t18-/m0/s1. The van der Waals surface area contributed by atoms with Crippen molar-refractivity contribution in [2.45, 2.75) is 44.9 Å². The second-order valence-electron chi connectivity index (χ2n) is 7.61. The molecule has 1 saturated heterocycles. The molecule has 1 heterocycles. The zero-order valence-corrected chi connectivity index (χ0v) is 19.4. The van der Waals surface area contributed by atoms with E-state index in [1.807, 2.05) is 32.9 Å². The first-order chi connectivity index (χ1) is 13.7. The topological polar surface area (TPSA) is 66.5 Å². The number of sulfonamides is 1. The van der Waals surface area contributed by atoms with Crippen LogP contribution in [0.25, 0.3) is 0 Å². The van der Waals surface area contributed by atoms with Crippen LogP contribution in [0.1, 0.15) is 36.5 Å². The molecule has 0 saturated carbocycles. The van der Waals surface area contributed by atoms with Gasteiger partial charge in [-0.15, -0.1) is 0 Å². The van der Waals surface area contributed by atoms with Crippen LogP contribution in [0.15, 0.2) is 45.8 Å². The van der Waals surface area contributed by atoms with Crippen LogP contribution in [0.4, 0.5) is 5.69 Å². The van der Waals surface area contributed by atoms with Crippen LogP contribution < -0.4 is 5.32 Å². The minimum Gasteiger partial charge on any atom is -0.325 e. The quantitative estimate of drug-likeness (QED) is 0.678. The normalized spacial score (nSPS) is 17.9. The summed E-state index contributed by atoms with van der Waals surface area (Å²) in [5, 5.41) is 3.06. The average Bonchev–Trinajstić information content (AvgIpc) is 2.70. The lowest BCUT2D eigenvalue weighted by molar-refractivity contribution is -0.120. The van der Waals surface area contributed by atoms with Crippen LogP contribution >= 0.6 is 15.9 Å². The molecule has 1 amide bonds. The first-order valence-corrected chi connectivity index (χ1v) is 12.1. The molecule has 2 aromatic carbocycles. The van der Waals surface area contributed by atoms with Gasteiger partial charge >= 0.3 is 0 Å². The fourth-order valence-corrected chi connectivity index (χ4v) is 5.87. The Morgan fingerprint density at radius 3 is 2.55 bits per heavy atom. The SMILES string of the molecule is CCc1cc(Br)cc(C)c1NC(=O)[C@H]1CCCN(S(=O)(=O)c2ccc(C)cc2)C1. The molecule has 5 nitrogen and oxygen atoms in total. The highest BCUT2D eigenvalue weighted by Crippen LogP contribution is 2.29. The summed E-state index contributed by atoms with van der Waals surface area (Å²) in [7, 11) is -3.60. The molecule has 0 aromatic heterocycles. The van der Waals surface area contributed by atoms with Gasteiger partial charge in [-0.05, 0) is 68.5 Å². The summed E-state index contributed by atoms with van der Waals surface area (Å²) in [6.07, 6.45) is 2.15. The maximum absolute atomic E-state index is 13.0. The monoisotopic (exact) mass is 478 g/mol. The number of nitrogens with one attached hydrogen (secondary N) is 1. The Morgan fingerprint density at radius 2 is 1.90 bits per heavy atom. The van der Waals surface area contributed by atoms with E-state index in [-0.39, 0.29) is 23.3 Å². The molecule has 1 aliphatic heterocycles. The number of halogens is 1. The zero-order chi connectivity index (χ0) is 21.2. The number of amides is 1. The number of carbonyl (C=O) groups excluding carboxylic acids is 1. The first kappa shape index (κ1) is 22.0. The van der Waals surface area contributed by atoms with E-state index in [1.54, 1.807) is 24.3 Å². The first-order valence-electron chi connectivity index (χ1n) is 9.89. The highest BCUT2D eigenvalue weighted by atomic mass is 79.9. The van der Waals surface area contributed by atoms with E-state index in [9.17, 15) is 13.2 Å². The van der Waals surface area contributed by atoms with Crippen molar-refractivity contribution < 1.29 is 13.2 Å². The zero-order valence-electron chi connectivity index (χ0n) is 17.0. The lowest BCUT2D eigenvalue weighted by atomic mass is 9.98. The van der Waals surface area contributed by atoms with Crippen LogP contribution in [0, 0.1) is 19.8 Å². The summed E-state index contributed by atoms with van der Waals surface area (Å²) in [4.78, 5) is 13.3. The van der Waals surface area contributed by atoms with E-state index in [0.29, 0.717) is 19.4 Å². The Bertz CT molecular complexity index is 1000. The third-order valence-corrected chi connectivity index (χ3v) is 7.76. The molecule has 0 aliphatic carbocycles. The average molecular weight is 479 g/mol. The molecule has 1 atom stereocenters. The number of benzene rings is 2. The number of hydrogen-bond acceptors (Lipinski definition) is 3. The Kier molecular flexibility index (Phi) is 6.81. The number of nitrogens with zero attached hydrogens (tertiary/aromatic N) is 1. The van der Waals surface area contributed by atoms with Gasteiger partial charge < -0.3 is 5.32 Å². The summed E-state index contributed by atoms with van der Waals surface area (Å²) in [6.45, 7) is 6.59. The van der Waals surface area contributed by atoms with Gasteiger partial charge in [-0.25, -0.2) is 8.42 Å². The fraction of sp³-hybridized carbons (Fsp3) is 0.409. The van der Waals surface area contributed by atoms with E-state index < -0.39 is 10.0 Å². The van der Waals surface area contributed by atoms with Crippen LogP contribution in [0.5, 0.6) is 0 Å². The summed E-state index contributed by atoms with van der Waals surface area (Å²) in [6, 6.07) is 10.8. The van der Waals surface area contributed by atoms with Crippen LogP contribution in [0.2, 0.25) is 0 Å². The Labute approximate surface area is 181 Å². The third kappa shape index (κ3) is 4.90. The van der Waals surface area contributed by atoms with Gasteiger partial charge in [0.25, 0.3) is 0 Å². The van der Waals surface area contributed by atoms with Crippen molar-refractivity contribution in [1.82, 2.24) is 4.31 Å². The predicted molar refractivity (Wildman–Crippen MR) is 120 cm³/mol. The van der Waals surface area contributed by atoms with Gasteiger partial charge in [-0.3, -0.25) is 4.79 Å². The molecule has 1 N–H and O–H groups in total. The summed E-state index contributed by atoms with van der Waals surface area (Å²) >= 11 is 3.50. The smallest absolute Gasteiger partial charge is 0.243 e. The number of rotatable bonds is 5. The number of piperidine rings is 1. The van der Waals surface area contributed by atoms with Crippen LogP contribution in [-0.4, -0.2) is 31.7 Å². The highest BCUT2D eigenvalue weighted by molar-refractivity contribution is 9.10. The molecule has 2 aromatic rings. The number of carbonyl (C=O) groups is 1. The molecule has 0 spiro atoms. The molecule has 1 fully saturated rings. The van der Waals surface area contributed by atoms with Crippen LogP contribution in [-0.2, 0) is 21.2 Å². The fourth-order valence-electron chi connectivity index (χ4n) is 3.73. The molecule has 0 bridgehead atoms. The van der Waals surface area contributed by atoms with Crippen molar-refractivity contribution in [2.75, 3.05) is 18.4 Å². The lowest BCUT2D eigenvalue weighted by Gasteiger charge is -2.31. The van der Waals surface area contributed by atoms with Gasteiger partial charge in [0.1, 0.15) is 0 Å². The van der Waals surface area contributed by atoms with Gasteiger partial charge in [0.15, 0.2) is 0 Å². The van der Waals surface area contributed by atoms with Gasteiger partial charge in [0.2, 0.25) is 15.9 Å². The summed E-state index contributed by atoms with van der Waals surface area (Å²) in [5.41, 5.74) is 3.89. The van der Waals surface area contributed by atoms with E-state index in [1.165, 1.54) is 4.31 Å². The van der Waals surface area contributed by atoms with E-state index in [2.05, 4.69) is 21.2 Å². The molecule has 7 heteroatoms. The Morgan fingerprint density at radius 1 is 1.21 bits per heavy atom. The van der Waals surface area contributed by atoms with E-state index >= 15 is 0 Å². The van der Waals surface area contributed by atoms with Gasteiger partial charge in [0.05, 0.1) is 10.8 Å². The molecule has 0 unspecified atom stereocenters. The number of aryl methyl sites for hydroxylation is 3. The van der Waals surface area contributed by atoms with Gasteiger partial charge in [-0.1, -0.05) is 40.5 Å². The van der Waals surface area contributed by atoms with Crippen molar-refractivity contribution in [3.63, 3.8) is 0 Å². The van der Waals surface area contributed by atoms with E-state index in [0.717, 1.165) is 33.3 Å². The molecule has 156 valence electrons. The second-order valence-corrected chi connectivity index (χ2v) is 10.5. The maximum Gasteiger partial charge on any atom is 0.243 e. The molecule has 1 aliphatic rings. The minimum absolute atomic E-state index is 0.117. The molecular formula is C22H27BrN2O3S. The van der Waals surface area contributed by atoms with Gasteiger partial charge in [-0.2, -0.15) is 4.31 Å². The third-order valence-electron chi connectivity index (χ3n) is 5.42. The van der Waals surface area contributed by atoms with Crippen molar-refractivity contribution in [3.8, 4) is 0 Å². The Balaban J connectivity index is 1.77. The van der Waals surface area contributed by atoms with Crippen molar-refractivity contribution >= 4 is 37.5 Å². The lowest BCUT2D eigenvalue weighted by Crippen LogP contribution is -2.43. The molecule has 3 rings (SSSR count). The summed E-state index contributed by atoms with van der Waals surface area (Å²) in [5.74, 6) is -0.481. The maximum atomic E-state index is 13.0. The number of hydrogen-bond donors (Lipinski definition) is 1. The van der Waals surface area contributed by atoms with E-state index in [4.69, 9.17) is 0 Å². The van der Waals surface area contributed by atoms with Crippen LogP contribution in [0.3, 0.4) is 0 Å². The largest absolute Gasteiger partial charge is 0.325 e. The molecule has 29 heavy (non-hydrogen) atoms. The molecule has 0 radical (unpaired) electrons. The predicted octanol–water partition coefficient (Wildman–Crippen LogP) is 4.67. The van der Waals surface area contributed by atoms with Crippen molar-refractivity contribution in [2.24, 2.45) is 5.92 Å². The van der Waals surface area contributed by atoms with Gasteiger partial charge in [0, 0.05) is 23.2 Å². The minimum atomic E-state index is -3.60.